The lowest BCUT2D eigenvalue weighted by molar-refractivity contribution is 1.18. The third-order valence-corrected chi connectivity index (χ3v) is 12.2. The number of pyridine rings is 1. The maximum absolute atomic E-state index is 5.45. The Morgan fingerprint density at radius 3 is 1.51 bits per heavy atom. The molecule has 294 valence electrons. The maximum Gasteiger partial charge on any atom is 0.160 e. The zero-order valence-electron chi connectivity index (χ0n) is 34.2. The molecule has 0 atom stereocenters. The fourth-order valence-electron chi connectivity index (χ4n) is 9.17. The van der Waals surface area contributed by atoms with Crippen LogP contribution in [0.1, 0.15) is 0 Å². The van der Waals surface area contributed by atoms with Gasteiger partial charge in [-0.05, 0) is 70.1 Å². The molecule has 0 saturated heterocycles. The van der Waals surface area contributed by atoms with E-state index in [1.807, 2.05) is 36.4 Å². The average Bonchev–Trinajstić information content (AvgIpc) is 3.69. The summed E-state index contributed by atoms with van der Waals surface area (Å²) in [6.07, 6.45) is 0. The van der Waals surface area contributed by atoms with Crippen LogP contribution >= 0.6 is 0 Å². The summed E-state index contributed by atoms with van der Waals surface area (Å²) in [7, 11) is 0. The smallest absolute Gasteiger partial charge is 0.160 e. The Morgan fingerprint density at radius 1 is 0.302 bits per heavy atom. The molecule has 0 unspecified atom stereocenters. The van der Waals surface area contributed by atoms with E-state index in [0.29, 0.717) is 5.82 Å². The number of fused-ring (bicyclic) bond motifs is 6. The second kappa shape index (κ2) is 15.2. The van der Waals surface area contributed by atoms with E-state index in [1.54, 1.807) is 0 Å². The van der Waals surface area contributed by atoms with Gasteiger partial charge in [0.15, 0.2) is 5.82 Å². The summed E-state index contributed by atoms with van der Waals surface area (Å²) in [5.41, 5.74) is 16.0. The molecule has 0 N–H and O–H groups in total. The van der Waals surface area contributed by atoms with Crippen LogP contribution in [0.5, 0.6) is 0 Å². The van der Waals surface area contributed by atoms with Crippen LogP contribution in [0.15, 0.2) is 231 Å². The van der Waals surface area contributed by atoms with Gasteiger partial charge < -0.3 is 4.57 Å². The van der Waals surface area contributed by atoms with E-state index in [1.165, 1.54) is 21.7 Å². The summed E-state index contributed by atoms with van der Waals surface area (Å²) in [6.45, 7) is 0. The summed E-state index contributed by atoms with van der Waals surface area (Å²) in [4.78, 5) is 15.5. The number of para-hydroxylation sites is 2. The highest BCUT2D eigenvalue weighted by molar-refractivity contribution is 6.22. The summed E-state index contributed by atoms with van der Waals surface area (Å²) >= 11 is 0. The third kappa shape index (κ3) is 6.44. The first kappa shape index (κ1) is 36.4. The molecule has 63 heavy (non-hydrogen) atoms. The molecule has 9 aromatic carbocycles. The number of nitrogens with zero attached hydrogens (tertiary/aromatic N) is 4. The molecule has 12 aromatic rings. The standard InChI is InChI=1S/C59H38N4/c1-5-16-42(17-6-1)53-38-54(62-59(61-53)45-20-9-3-10-21-45)43-34-30-40(31-35-43)39-28-32-41(33-29-39)47-25-15-26-52-57(47)50-36-49-48-24-13-14-27-55(48)63(46-22-11-4-12-23-46)56(49)37-51(50)58(60-52)44-18-7-2-8-19-44/h1-38H. The first-order valence-corrected chi connectivity index (χ1v) is 21.4. The van der Waals surface area contributed by atoms with E-state index in [4.69, 9.17) is 15.0 Å². The molecule has 3 heterocycles. The van der Waals surface area contributed by atoms with E-state index in [-0.39, 0.29) is 0 Å². The van der Waals surface area contributed by atoms with Crippen molar-refractivity contribution in [1.82, 2.24) is 19.5 Å². The summed E-state index contributed by atoms with van der Waals surface area (Å²) in [6, 6.07) is 81.5. The Balaban J connectivity index is 0.966. The van der Waals surface area contributed by atoms with Crippen molar-refractivity contribution in [3.8, 4) is 73.1 Å². The van der Waals surface area contributed by atoms with E-state index in [0.717, 1.165) is 89.1 Å². The Hall–Kier alpha value is -8.47. The quantitative estimate of drug-likeness (QED) is 0.151. The van der Waals surface area contributed by atoms with Crippen molar-refractivity contribution in [1.29, 1.82) is 0 Å². The van der Waals surface area contributed by atoms with Gasteiger partial charge in [0, 0.05) is 49.5 Å². The second-order valence-corrected chi connectivity index (χ2v) is 16.0. The van der Waals surface area contributed by atoms with Gasteiger partial charge in [0.05, 0.1) is 33.6 Å². The van der Waals surface area contributed by atoms with Crippen molar-refractivity contribution in [2.75, 3.05) is 0 Å². The molecular formula is C59H38N4. The molecule has 0 aliphatic carbocycles. The summed E-state index contributed by atoms with van der Waals surface area (Å²) < 4.78 is 2.39. The number of hydrogen-bond donors (Lipinski definition) is 0. The molecule has 4 heteroatoms. The van der Waals surface area contributed by atoms with Gasteiger partial charge in [-0.15, -0.1) is 0 Å². The molecular weight excluding hydrogens is 765 g/mol. The first-order chi connectivity index (χ1) is 31.2. The predicted octanol–water partition coefficient (Wildman–Crippen LogP) is 15.3. The SMILES string of the molecule is c1ccc(-c2cc(-c3ccc(-c4ccc(-c5cccc6nc(-c7ccccc7)c7cc8c(cc7c56)c5ccccc5n8-c5ccccc5)cc4)cc3)nc(-c3ccccc3)n2)cc1. The second-order valence-electron chi connectivity index (χ2n) is 16.0. The zero-order chi connectivity index (χ0) is 41.7. The van der Waals surface area contributed by atoms with Crippen molar-refractivity contribution in [3.63, 3.8) is 0 Å². The van der Waals surface area contributed by atoms with Crippen molar-refractivity contribution in [3.05, 3.63) is 231 Å². The van der Waals surface area contributed by atoms with Crippen LogP contribution in [-0.4, -0.2) is 19.5 Å². The summed E-state index contributed by atoms with van der Waals surface area (Å²) in [5, 5.41) is 5.91. The van der Waals surface area contributed by atoms with Crippen LogP contribution in [0.3, 0.4) is 0 Å². The zero-order valence-corrected chi connectivity index (χ0v) is 34.2. The molecule has 0 aliphatic heterocycles. The van der Waals surface area contributed by atoms with Gasteiger partial charge in [0.2, 0.25) is 0 Å². The summed E-state index contributed by atoms with van der Waals surface area (Å²) in [5.74, 6) is 0.711. The van der Waals surface area contributed by atoms with Gasteiger partial charge in [0.1, 0.15) is 0 Å². The molecule has 0 radical (unpaired) electrons. The van der Waals surface area contributed by atoms with Crippen LogP contribution in [0.2, 0.25) is 0 Å². The molecule has 3 aromatic heterocycles. The molecule has 0 amide bonds. The molecule has 12 rings (SSSR count). The van der Waals surface area contributed by atoms with Crippen LogP contribution in [0.25, 0.3) is 117 Å². The topological polar surface area (TPSA) is 43.6 Å². The highest BCUT2D eigenvalue weighted by Gasteiger charge is 2.19. The van der Waals surface area contributed by atoms with Gasteiger partial charge >= 0.3 is 0 Å². The van der Waals surface area contributed by atoms with E-state index >= 15 is 0 Å². The minimum atomic E-state index is 0.711. The number of aromatic nitrogens is 4. The van der Waals surface area contributed by atoms with Crippen LogP contribution < -0.4 is 0 Å². The first-order valence-electron chi connectivity index (χ1n) is 21.4. The minimum absolute atomic E-state index is 0.711. The molecule has 0 fully saturated rings. The Labute approximate surface area is 365 Å². The Kier molecular flexibility index (Phi) is 8.79. The number of rotatable bonds is 7. The van der Waals surface area contributed by atoms with Gasteiger partial charge in [-0.1, -0.05) is 188 Å². The lowest BCUT2D eigenvalue weighted by atomic mass is 9.92. The minimum Gasteiger partial charge on any atom is -0.309 e. The third-order valence-electron chi connectivity index (χ3n) is 12.2. The Morgan fingerprint density at radius 2 is 0.841 bits per heavy atom. The Bertz CT molecular complexity index is 3560. The molecule has 0 saturated carbocycles. The van der Waals surface area contributed by atoms with Crippen molar-refractivity contribution in [2.24, 2.45) is 0 Å². The van der Waals surface area contributed by atoms with Crippen LogP contribution in [0.4, 0.5) is 0 Å². The predicted molar refractivity (Wildman–Crippen MR) is 262 cm³/mol. The van der Waals surface area contributed by atoms with Crippen molar-refractivity contribution in [2.45, 2.75) is 0 Å². The van der Waals surface area contributed by atoms with Crippen LogP contribution in [-0.2, 0) is 0 Å². The highest BCUT2D eigenvalue weighted by Crippen LogP contribution is 2.43. The molecule has 0 aliphatic rings. The lowest BCUT2D eigenvalue weighted by Gasteiger charge is -2.15. The van der Waals surface area contributed by atoms with Crippen molar-refractivity contribution < 1.29 is 0 Å². The van der Waals surface area contributed by atoms with E-state index < -0.39 is 0 Å². The van der Waals surface area contributed by atoms with Gasteiger partial charge in [-0.2, -0.15) is 0 Å². The lowest BCUT2D eigenvalue weighted by Crippen LogP contribution is -1.95. The van der Waals surface area contributed by atoms with Gasteiger partial charge in [0.25, 0.3) is 0 Å². The molecule has 0 bridgehead atoms. The normalized spacial score (nSPS) is 11.5. The van der Waals surface area contributed by atoms with Gasteiger partial charge in [-0.25, -0.2) is 15.0 Å². The maximum atomic E-state index is 5.45. The number of benzene rings is 9. The highest BCUT2D eigenvalue weighted by atomic mass is 15.0. The van der Waals surface area contributed by atoms with Crippen LogP contribution in [0, 0.1) is 0 Å². The molecule has 4 nitrogen and oxygen atoms in total. The number of hydrogen-bond acceptors (Lipinski definition) is 3. The van der Waals surface area contributed by atoms with Crippen molar-refractivity contribution >= 4 is 43.5 Å². The fraction of sp³-hybridized carbons (Fsp3) is 0. The molecule has 0 spiro atoms. The van der Waals surface area contributed by atoms with Gasteiger partial charge in [-0.3, -0.25) is 0 Å². The van der Waals surface area contributed by atoms with E-state index in [2.05, 4.69) is 199 Å². The largest absolute Gasteiger partial charge is 0.309 e. The fourth-order valence-corrected chi connectivity index (χ4v) is 9.17. The average molecular weight is 803 g/mol. The van der Waals surface area contributed by atoms with E-state index in [9.17, 15) is 0 Å². The monoisotopic (exact) mass is 802 g/mol.